The van der Waals surface area contributed by atoms with E-state index in [2.05, 4.69) is 4.74 Å². The maximum absolute atomic E-state index is 12.8. The van der Waals surface area contributed by atoms with Gasteiger partial charge in [-0.1, -0.05) is 6.92 Å². The van der Waals surface area contributed by atoms with Gasteiger partial charge >= 0.3 is 12.1 Å². The van der Waals surface area contributed by atoms with E-state index in [4.69, 9.17) is 5.73 Å². The Morgan fingerprint density at radius 1 is 1.53 bits per heavy atom. The van der Waals surface area contributed by atoms with Gasteiger partial charge in [-0.15, -0.1) is 0 Å². The SMILES string of the molecule is CCOC(=O)/C(=C1\C[C@H](C)C[C@@H]1N)C(F)(F)F. The number of esters is 1. The van der Waals surface area contributed by atoms with Crippen LogP contribution in [0.15, 0.2) is 11.1 Å². The Morgan fingerprint density at radius 3 is 2.47 bits per heavy atom. The van der Waals surface area contributed by atoms with Gasteiger partial charge in [0.15, 0.2) is 0 Å². The molecule has 98 valence electrons. The number of rotatable bonds is 2. The van der Waals surface area contributed by atoms with Crippen LogP contribution < -0.4 is 5.73 Å². The Kier molecular flexibility index (Phi) is 4.19. The predicted octanol–water partition coefficient (Wildman–Crippen LogP) is 2.17. The minimum Gasteiger partial charge on any atom is -0.462 e. The average molecular weight is 251 g/mol. The molecule has 1 aliphatic rings. The molecule has 0 saturated heterocycles. The Morgan fingerprint density at radius 2 is 2.12 bits per heavy atom. The summed E-state index contributed by atoms with van der Waals surface area (Å²) in [5.74, 6) is -1.26. The molecule has 3 nitrogen and oxygen atoms in total. The highest BCUT2D eigenvalue weighted by Crippen LogP contribution is 2.38. The Bertz CT molecular complexity index is 336. The van der Waals surface area contributed by atoms with Crippen molar-refractivity contribution in [1.29, 1.82) is 0 Å². The Hall–Kier alpha value is -1.04. The van der Waals surface area contributed by atoms with Crippen molar-refractivity contribution in [1.82, 2.24) is 0 Å². The topological polar surface area (TPSA) is 52.3 Å². The molecule has 0 spiro atoms. The number of carbonyl (C=O) groups is 1. The molecule has 0 radical (unpaired) electrons. The summed E-state index contributed by atoms with van der Waals surface area (Å²) >= 11 is 0. The molecule has 1 rings (SSSR count). The van der Waals surface area contributed by atoms with Crippen molar-refractivity contribution >= 4 is 5.97 Å². The molecular formula is C11H16F3NO2. The first-order chi connectivity index (χ1) is 7.77. The molecule has 0 aromatic carbocycles. The molecule has 1 aliphatic carbocycles. The molecular weight excluding hydrogens is 235 g/mol. The van der Waals surface area contributed by atoms with Crippen molar-refractivity contribution in [3.63, 3.8) is 0 Å². The lowest BCUT2D eigenvalue weighted by atomic mass is 10.0. The lowest BCUT2D eigenvalue weighted by Crippen LogP contribution is -2.29. The molecule has 17 heavy (non-hydrogen) atoms. The first-order valence-electron chi connectivity index (χ1n) is 5.50. The summed E-state index contributed by atoms with van der Waals surface area (Å²) in [5.41, 5.74) is 4.40. The number of nitrogens with two attached hydrogens (primary N) is 1. The van der Waals surface area contributed by atoms with Crippen LogP contribution in [0.5, 0.6) is 0 Å². The summed E-state index contributed by atoms with van der Waals surface area (Å²) in [6.07, 6.45) is -4.04. The third kappa shape index (κ3) is 3.21. The molecule has 1 saturated carbocycles. The van der Waals surface area contributed by atoms with Crippen molar-refractivity contribution in [2.75, 3.05) is 6.61 Å². The summed E-state index contributed by atoms with van der Waals surface area (Å²) in [5, 5.41) is 0. The lowest BCUT2D eigenvalue weighted by molar-refractivity contribution is -0.150. The van der Waals surface area contributed by atoms with E-state index in [1.807, 2.05) is 6.92 Å². The van der Waals surface area contributed by atoms with Gasteiger partial charge in [0.2, 0.25) is 0 Å². The molecule has 2 atom stereocenters. The van der Waals surface area contributed by atoms with Crippen LogP contribution >= 0.6 is 0 Å². The van der Waals surface area contributed by atoms with Crippen LogP contribution in [0, 0.1) is 5.92 Å². The number of carbonyl (C=O) groups excluding carboxylic acids is 1. The van der Waals surface area contributed by atoms with Crippen LogP contribution in [-0.4, -0.2) is 24.8 Å². The molecule has 0 heterocycles. The second-order valence-corrected chi connectivity index (χ2v) is 4.27. The van der Waals surface area contributed by atoms with Gasteiger partial charge in [0, 0.05) is 6.04 Å². The molecule has 0 aromatic rings. The van der Waals surface area contributed by atoms with Crippen LogP contribution in [0.1, 0.15) is 26.7 Å². The highest BCUT2D eigenvalue weighted by atomic mass is 19.4. The maximum Gasteiger partial charge on any atom is 0.423 e. The minimum absolute atomic E-state index is 0.0246. The zero-order valence-electron chi connectivity index (χ0n) is 9.80. The van der Waals surface area contributed by atoms with Gasteiger partial charge in [0.25, 0.3) is 0 Å². The first kappa shape index (κ1) is 14.0. The standard InChI is InChI=1S/C11H16F3NO2/c1-3-17-10(16)9(11(12,13)14)7-4-6(2)5-8(7)15/h6,8H,3-5,15H2,1-2H3/b9-7-/t6-,8-/m0/s1. The molecule has 0 unspecified atom stereocenters. The van der Waals surface area contributed by atoms with E-state index in [0.717, 1.165) is 0 Å². The minimum atomic E-state index is -4.71. The smallest absolute Gasteiger partial charge is 0.423 e. The Balaban J connectivity index is 3.14. The summed E-state index contributed by atoms with van der Waals surface area (Å²) < 4.78 is 42.9. The summed E-state index contributed by atoms with van der Waals surface area (Å²) in [6.45, 7) is 3.19. The number of alkyl halides is 3. The van der Waals surface area contributed by atoms with Gasteiger partial charge in [-0.3, -0.25) is 0 Å². The molecule has 2 N–H and O–H groups in total. The van der Waals surface area contributed by atoms with Crippen molar-refractivity contribution < 1.29 is 22.7 Å². The zero-order chi connectivity index (χ0) is 13.2. The van der Waals surface area contributed by atoms with Gasteiger partial charge in [-0.25, -0.2) is 4.79 Å². The second-order valence-electron chi connectivity index (χ2n) is 4.27. The van der Waals surface area contributed by atoms with E-state index in [1.165, 1.54) is 6.92 Å². The van der Waals surface area contributed by atoms with Crippen molar-refractivity contribution in [2.45, 2.75) is 38.9 Å². The van der Waals surface area contributed by atoms with E-state index in [1.54, 1.807) is 0 Å². The van der Waals surface area contributed by atoms with Crippen LogP contribution in [-0.2, 0) is 9.53 Å². The fourth-order valence-electron chi connectivity index (χ4n) is 2.11. The van der Waals surface area contributed by atoms with E-state index >= 15 is 0 Å². The second kappa shape index (κ2) is 5.08. The number of hydrogen-bond acceptors (Lipinski definition) is 3. The highest BCUT2D eigenvalue weighted by molar-refractivity contribution is 5.91. The number of hydrogen-bond donors (Lipinski definition) is 1. The van der Waals surface area contributed by atoms with E-state index in [-0.39, 0.29) is 24.5 Å². The van der Waals surface area contributed by atoms with Crippen LogP contribution in [0.2, 0.25) is 0 Å². The van der Waals surface area contributed by atoms with Crippen LogP contribution in [0.3, 0.4) is 0 Å². The maximum atomic E-state index is 12.8. The molecule has 0 aliphatic heterocycles. The molecule has 0 aromatic heterocycles. The van der Waals surface area contributed by atoms with Gasteiger partial charge in [0.1, 0.15) is 5.57 Å². The number of halogens is 3. The van der Waals surface area contributed by atoms with E-state index in [9.17, 15) is 18.0 Å². The van der Waals surface area contributed by atoms with Crippen LogP contribution in [0.4, 0.5) is 13.2 Å². The third-order valence-electron chi connectivity index (χ3n) is 2.76. The lowest BCUT2D eigenvalue weighted by Gasteiger charge is -2.16. The summed E-state index contributed by atoms with van der Waals surface area (Å²) in [7, 11) is 0. The third-order valence-corrected chi connectivity index (χ3v) is 2.76. The average Bonchev–Trinajstić information content (AvgIpc) is 2.43. The molecule has 0 bridgehead atoms. The molecule has 0 amide bonds. The number of ether oxygens (including phenoxy) is 1. The van der Waals surface area contributed by atoms with Crippen molar-refractivity contribution in [2.24, 2.45) is 11.7 Å². The van der Waals surface area contributed by atoms with Crippen LogP contribution in [0.25, 0.3) is 0 Å². The normalized spacial score (nSPS) is 28.1. The quantitative estimate of drug-likeness (QED) is 0.604. The zero-order valence-corrected chi connectivity index (χ0v) is 9.80. The van der Waals surface area contributed by atoms with E-state index < -0.39 is 23.8 Å². The Labute approximate surface area is 97.8 Å². The first-order valence-corrected chi connectivity index (χ1v) is 5.50. The van der Waals surface area contributed by atoms with Gasteiger partial charge in [0.05, 0.1) is 6.61 Å². The summed E-state index contributed by atoms with van der Waals surface area (Å²) in [4.78, 5) is 11.4. The fraction of sp³-hybridized carbons (Fsp3) is 0.727. The molecule has 6 heteroatoms. The predicted molar refractivity (Wildman–Crippen MR) is 56.1 cm³/mol. The van der Waals surface area contributed by atoms with Gasteiger partial charge in [-0.05, 0) is 31.3 Å². The monoisotopic (exact) mass is 251 g/mol. The molecule has 1 fully saturated rings. The van der Waals surface area contributed by atoms with Crippen molar-refractivity contribution in [3.8, 4) is 0 Å². The van der Waals surface area contributed by atoms with Gasteiger partial charge < -0.3 is 10.5 Å². The summed E-state index contributed by atoms with van der Waals surface area (Å²) in [6, 6.07) is -0.703. The fourth-order valence-corrected chi connectivity index (χ4v) is 2.11. The van der Waals surface area contributed by atoms with Crippen molar-refractivity contribution in [3.05, 3.63) is 11.1 Å². The van der Waals surface area contributed by atoms with Gasteiger partial charge in [-0.2, -0.15) is 13.2 Å². The largest absolute Gasteiger partial charge is 0.462 e. The van der Waals surface area contributed by atoms with E-state index in [0.29, 0.717) is 6.42 Å². The highest BCUT2D eigenvalue weighted by Gasteiger charge is 2.44.